The average molecular weight is 273 g/mol. The number of pyridine rings is 1. The summed E-state index contributed by atoms with van der Waals surface area (Å²) in [6.45, 7) is 9.78. The second-order valence-corrected chi connectivity index (χ2v) is 6.18. The van der Waals surface area contributed by atoms with Crippen molar-refractivity contribution >= 4 is 12.6 Å². The van der Waals surface area contributed by atoms with Gasteiger partial charge in [0.2, 0.25) is 0 Å². The molecule has 106 valence electrons. The summed E-state index contributed by atoms with van der Waals surface area (Å²) in [6, 6.07) is 1.84. The van der Waals surface area contributed by atoms with Gasteiger partial charge in [0.05, 0.1) is 16.8 Å². The topological polar surface area (TPSA) is 81.2 Å². The van der Waals surface area contributed by atoms with Crippen LogP contribution in [0.1, 0.15) is 51.8 Å². The van der Waals surface area contributed by atoms with Gasteiger partial charge in [-0.05, 0) is 40.2 Å². The minimum Gasteiger partial charge on any atom is -0.399 e. The largest absolute Gasteiger partial charge is 0.496 e. The van der Waals surface area contributed by atoms with Gasteiger partial charge in [-0.2, -0.15) is 5.26 Å². The fourth-order valence-electron chi connectivity index (χ4n) is 2.24. The molecule has 2 heterocycles. The van der Waals surface area contributed by atoms with Crippen molar-refractivity contribution in [2.75, 3.05) is 0 Å². The first-order valence-corrected chi connectivity index (χ1v) is 6.69. The van der Waals surface area contributed by atoms with Crippen molar-refractivity contribution in [3.05, 3.63) is 23.5 Å². The van der Waals surface area contributed by atoms with Gasteiger partial charge in [-0.15, -0.1) is 0 Å². The van der Waals surface area contributed by atoms with Crippen molar-refractivity contribution in [3.63, 3.8) is 0 Å². The lowest BCUT2D eigenvalue weighted by molar-refractivity contribution is 0.00578. The van der Waals surface area contributed by atoms with Gasteiger partial charge in [0.15, 0.2) is 0 Å². The first-order valence-electron chi connectivity index (χ1n) is 6.69. The summed E-state index contributed by atoms with van der Waals surface area (Å²) in [6.07, 6.45) is 3.19. The average Bonchev–Trinajstić information content (AvgIpc) is 2.57. The van der Waals surface area contributed by atoms with Crippen LogP contribution in [0.2, 0.25) is 0 Å². The van der Waals surface area contributed by atoms with Crippen molar-refractivity contribution in [3.8, 4) is 6.07 Å². The second-order valence-electron chi connectivity index (χ2n) is 6.18. The number of hydrogen-bond donors (Lipinski definition) is 1. The molecule has 0 aliphatic carbocycles. The fraction of sp³-hybridized carbons (Fsp3) is 0.571. The van der Waals surface area contributed by atoms with Crippen LogP contribution in [0, 0.1) is 11.3 Å². The van der Waals surface area contributed by atoms with Crippen molar-refractivity contribution in [2.24, 2.45) is 5.73 Å². The van der Waals surface area contributed by atoms with Gasteiger partial charge in [-0.1, -0.05) is 0 Å². The Kier molecular flexibility index (Phi) is 3.63. The summed E-state index contributed by atoms with van der Waals surface area (Å²) in [5.41, 5.74) is 7.07. The molecule has 0 radical (unpaired) electrons. The summed E-state index contributed by atoms with van der Waals surface area (Å²) in [5, 5.41) is 9.21. The summed E-state index contributed by atoms with van der Waals surface area (Å²) in [5.74, 6) is 0. The Morgan fingerprint density at radius 1 is 1.25 bits per heavy atom. The van der Waals surface area contributed by atoms with Crippen LogP contribution in [0.15, 0.2) is 12.4 Å². The van der Waals surface area contributed by atoms with E-state index in [-0.39, 0.29) is 6.04 Å². The molecule has 1 aliphatic heterocycles. The van der Waals surface area contributed by atoms with Crippen LogP contribution >= 0.6 is 0 Å². The zero-order valence-electron chi connectivity index (χ0n) is 12.6. The molecule has 5 nitrogen and oxygen atoms in total. The monoisotopic (exact) mass is 273 g/mol. The van der Waals surface area contributed by atoms with Gasteiger partial charge in [-0.25, -0.2) is 0 Å². The predicted octanol–water partition coefficient (Wildman–Crippen LogP) is 1.27. The third kappa shape index (κ3) is 2.33. The molecule has 1 aromatic heterocycles. The Morgan fingerprint density at radius 3 is 2.25 bits per heavy atom. The maximum absolute atomic E-state index is 9.21. The minimum absolute atomic E-state index is 0.290. The van der Waals surface area contributed by atoms with Crippen LogP contribution in [0.3, 0.4) is 0 Å². The Hall–Kier alpha value is -1.42. The first-order chi connectivity index (χ1) is 9.19. The highest BCUT2D eigenvalue weighted by Gasteiger charge is 2.52. The van der Waals surface area contributed by atoms with Gasteiger partial charge in [0.25, 0.3) is 0 Å². The number of aromatic nitrogens is 1. The normalized spacial score (nSPS) is 21.6. The van der Waals surface area contributed by atoms with E-state index in [0.29, 0.717) is 5.56 Å². The molecule has 1 saturated heterocycles. The van der Waals surface area contributed by atoms with E-state index in [0.717, 1.165) is 11.0 Å². The minimum atomic E-state index is -0.554. The summed E-state index contributed by atoms with van der Waals surface area (Å²) in [7, 11) is -0.554. The van der Waals surface area contributed by atoms with E-state index >= 15 is 0 Å². The molecule has 2 rings (SSSR count). The van der Waals surface area contributed by atoms with E-state index < -0.39 is 18.3 Å². The lowest BCUT2D eigenvalue weighted by atomic mass is 9.74. The SMILES string of the molecule is CC(N)c1c(C#N)cncc1B1OC(C)(C)C(C)(C)O1. The molecule has 1 aromatic rings. The number of hydrogen-bond acceptors (Lipinski definition) is 5. The molecule has 1 unspecified atom stereocenters. The third-order valence-corrected chi connectivity index (χ3v) is 4.10. The summed E-state index contributed by atoms with van der Waals surface area (Å²) in [4.78, 5) is 4.10. The molecular formula is C14H20BN3O2. The Labute approximate surface area is 120 Å². The highest BCUT2D eigenvalue weighted by Crippen LogP contribution is 2.37. The highest BCUT2D eigenvalue weighted by atomic mass is 16.7. The molecule has 0 bridgehead atoms. The standard InChI is InChI=1S/C14H20BN3O2/c1-9(17)12-10(6-16)7-18-8-11(12)15-19-13(2,3)14(4,5)20-15/h7-9H,17H2,1-5H3. The molecular weight excluding hydrogens is 253 g/mol. The molecule has 0 aromatic carbocycles. The van der Waals surface area contributed by atoms with E-state index in [2.05, 4.69) is 11.1 Å². The smallest absolute Gasteiger partial charge is 0.399 e. The van der Waals surface area contributed by atoms with Crippen LogP contribution < -0.4 is 11.2 Å². The highest BCUT2D eigenvalue weighted by molar-refractivity contribution is 6.62. The molecule has 1 aliphatic rings. The van der Waals surface area contributed by atoms with Gasteiger partial charge < -0.3 is 15.0 Å². The van der Waals surface area contributed by atoms with Crippen molar-refractivity contribution in [1.29, 1.82) is 5.26 Å². The van der Waals surface area contributed by atoms with Gasteiger partial charge in [0.1, 0.15) is 6.07 Å². The zero-order chi connectivity index (χ0) is 15.1. The van der Waals surface area contributed by atoms with Crippen LogP contribution in [-0.2, 0) is 9.31 Å². The van der Waals surface area contributed by atoms with E-state index in [1.54, 1.807) is 6.20 Å². The van der Waals surface area contributed by atoms with Crippen LogP contribution in [0.25, 0.3) is 0 Å². The van der Waals surface area contributed by atoms with Crippen LogP contribution in [0.4, 0.5) is 0 Å². The number of nitriles is 1. The number of nitrogens with two attached hydrogens (primary N) is 1. The van der Waals surface area contributed by atoms with Crippen molar-refractivity contribution in [1.82, 2.24) is 4.98 Å². The summed E-state index contributed by atoms with van der Waals surface area (Å²) >= 11 is 0. The quantitative estimate of drug-likeness (QED) is 0.821. The maximum atomic E-state index is 9.21. The van der Waals surface area contributed by atoms with Crippen molar-refractivity contribution in [2.45, 2.75) is 51.9 Å². The lowest BCUT2D eigenvalue weighted by Gasteiger charge is -2.32. The Bertz CT molecular complexity index is 548. The second kappa shape index (κ2) is 4.85. The first kappa shape index (κ1) is 15.0. The number of nitrogens with zero attached hydrogens (tertiary/aromatic N) is 2. The predicted molar refractivity (Wildman–Crippen MR) is 77.3 cm³/mol. The molecule has 1 fully saturated rings. The maximum Gasteiger partial charge on any atom is 0.496 e. The molecule has 6 heteroatoms. The van der Waals surface area contributed by atoms with Gasteiger partial charge in [-0.3, -0.25) is 4.98 Å². The fourth-order valence-corrected chi connectivity index (χ4v) is 2.24. The molecule has 20 heavy (non-hydrogen) atoms. The van der Waals surface area contributed by atoms with Crippen LogP contribution in [0.5, 0.6) is 0 Å². The molecule has 0 saturated carbocycles. The van der Waals surface area contributed by atoms with Gasteiger partial charge >= 0.3 is 7.12 Å². The van der Waals surface area contributed by atoms with E-state index in [1.807, 2.05) is 34.6 Å². The molecule has 2 N–H and O–H groups in total. The van der Waals surface area contributed by atoms with Gasteiger partial charge in [0, 0.05) is 23.9 Å². The Balaban J connectivity index is 2.48. The Morgan fingerprint density at radius 2 is 1.80 bits per heavy atom. The van der Waals surface area contributed by atoms with Crippen molar-refractivity contribution < 1.29 is 9.31 Å². The lowest BCUT2D eigenvalue weighted by Crippen LogP contribution is -2.41. The van der Waals surface area contributed by atoms with E-state index in [1.165, 1.54) is 6.20 Å². The van der Waals surface area contributed by atoms with Crippen LogP contribution in [-0.4, -0.2) is 23.3 Å². The molecule has 0 amide bonds. The number of rotatable bonds is 2. The molecule has 0 spiro atoms. The third-order valence-electron chi connectivity index (χ3n) is 4.10. The van der Waals surface area contributed by atoms with E-state index in [4.69, 9.17) is 15.0 Å². The summed E-state index contributed by atoms with van der Waals surface area (Å²) < 4.78 is 12.0. The molecule has 1 atom stereocenters. The van der Waals surface area contributed by atoms with E-state index in [9.17, 15) is 5.26 Å². The zero-order valence-corrected chi connectivity index (χ0v) is 12.6.